The molecule has 0 bridgehead atoms. The second-order valence-corrected chi connectivity index (χ2v) is 5.64. The molecule has 0 fully saturated rings. The van der Waals surface area contributed by atoms with Gasteiger partial charge in [-0.15, -0.1) is 0 Å². The number of aryl methyl sites for hydroxylation is 1. The van der Waals surface area contributed by atoms with Gasteiger partial charge in [-0.3, -0.25) is 9.98 Å². The van der Waals surface area contributed by atoms with Crippen LogP contribution in [0.3, 0.4) is 0 Å². The summed E-state index contributed by atoms with van der Waals surface area (Å²) in [7, 11) is 0. The fraction of sp³-hybridized carbons (Fsp3) is 0.100. The largest absolute Gasteiger partial charge is 0.454 e. The van der Waals surface area contributed by atoms with Crippen LogP contribution in [0.5, 0.6) is 0 Å². The van der Waals surface area contributed by atoms with E-state index in [2.05, 4.69) is 9.98 Å². The number of furan rings is 1. The highest BCUT2D eigenvalue weighted by Gasteiger charge is 2.30. The predicted octanol–water partition coefficient (Wildman–Crippen LogP) is 6.11. The summed E-state index contributed by atoms with van der Waals surface area (Å²) in [5.41, 5.74) is 1.37. The zero-order chi connectivity index (χ0) is 18.6. The van der Waals surface area contributed by atoms with E-state index < -0.39 is 11.7 Å². The van der Waals surface area contributed by atoms with Gasteiger partial charge >= 0.3 is 6.18 Å². The van der Waals surface area contributed by atoms with Crippen molar-refractivity contribution in [2.45, 2.75) is 13.1 Å². The van der Waals surface area contributed by atoms with Crippen LogP contribution in [0.4, 0.5) is 24.5 Å². The maximum absolute atomic E-state index is 12.7. The summed E-state index contributed by atoms with van der Waals surface area (Å²) in [5.74, 6) is 0.949. The molecule has 1 heterocycles. The van der Waals surface area contributed by atoms with E-state index in [9.17, 15) is 13.2 Å². The summed E-state index contributed by atoms with van der Waals surface area (Å²) in [5, 5.41) is 0. The third-order valence-electron chi connectivity index (χ3n) is 3.50. The van der Waals surface area contributed by atoms with Crippen molar-refractivity contribution in [3.63, 3.8) is 0 Å². The molecule has 0 saturated heterocycles. The third kappa shape index (κ3) is 4.69. The number of nitrogens with zero attached hydrogens (tertiary/aromatic N) is 2. The molecule has 0 saturated carbocycles. The van der Waals surface area contributed by atoms with Gasteiger partial charge in [-0.1, -0.05) is 18.2 Å². The van der Waals surface area contributed by atoms with Gasteiger partial charge in [-0.2, -0.15) is 13.2 Å². The molecule has 26 heavy (non-hydrogen) atoms. The smallest absolute Gasteiger partial charge is 0.416 e. The molecule has 0 aliphatic heterocycles. The minimum Gasteiger partial charge on any atom is -0.454 e. The van der Waals surface area contributed by atoms with Crippen LogP contribution in [-0.2, 0) is 6.18 Å². The van der Waals surface area contributed by atoms with Gasteiger partial charge in [0, 0.05) is 0 Å². The zero-order valence-electron chi connectivity index (χ0n) is 13.9. The van der Waals surface area contributed by atoms with Crippen molar-refractivity contribution in [2.24, 2.45) is 9.98 Å². The highest BCUT2D eigenvalue weighted by atomic mass is 19.4. The van der Waals surface area contributed by atoms with Crippen molar-refractivity contribution in [2.75, 3.05) is 0 Å². The Morgan fingerprint density at radius 3 is 1.96 bits per heavy atom. The first-order chi connectivity index (χ1) is 12.4. The first kappa shape index (κ1) is 17.7. The topological polar surface area (TPSA) is 37.9 Å². The molecule has 1 aromatic heterocycles. The molecule has 3 rings (SSSR count). The van der Waals surface area contributed by atoms with E-state index in [1.807, 2.05) is 31.2 Å². The van der Waals surface area contributed by atoms with Crippen molar-refractivity contribution in [1.29, 1.82) is 0 Å². The Balaban J connectivity index is 1.71. The standard InChI is InChI=1S/C20H15F3N2O/c1-14-4-2-6-16(10-14)24-12-18-8-9-19(26-18)13-25-17-7-3-5-15(11-17)20(21,22)23/h2-13H,1H3. The molecular formula is C20H15F3N2O. The minimum atomic E-state index is -4.39. The second-order valence-electron chi connectivity index (χ2n) is 5.64. The molecule has 2 aromatic carbocycles. The molecule has 6 heteroatoms. The number of benzene rings is 2. The molecule has 3 aromatic rings. The van der Waals surface area contributed by atoms with E-state index in [-0.39, 0.29) is 5.69 Å². The highest BCUT2D eigenvalue weighted by molar-refractivity contribution is 5.83. The Bertz CT molecular complexity index is 955. The van der Waals surface area contributed by atoms with E-state index in [1.54, 1.807) is 18.3 Å². The lowest BCUT2D eigenvalue weighted by Crippen LogP contribution is -2.03. The molecule has 0 radical (unpaired) electrons. The molecule has 0 spiro atoms. The van der Waals surface area contributed by atoms with Crippen LogP contribution in [0.1, 0.15) is 22.6 Å². The Morgan fingerprint density at radius 2 is 1.38 bits per heavy atom. The summed E-state index contributed by atoms with van der Waals surface area (Å²) >= 11 is 0. The summed E-state index contributed by atoms with van der Waals surface area (Å²) in [6.07, 6.45) is -1.44. The highest BCUT2D eigenvalue weighted by Crippen LogP contribution is 2.31. The SMILES string of the molecule is Cc1cccc(N=Cc2ccc(C=Nc3cccc(C(F)(F)F)c3)o2)c1. The maximum atomic E-state index is 12.7. The average molecular weight is 356 g/mol. The minimum absolute atomic E-state index is 0.200. The third-order valence-corrected chi connectivity index (χ3v) is 3.50. The van der Waals surface area contributed by atoms with Gasteiger partial charge in [0.05, 0.1) is 29.4 Å². The van der Waals surface area contributed by atoms with Crippen LogP contribution in [0.15, 0.2) is 75.1 Å². The number of halogens is 3. The lowest BCUT2D eigenvalue weighted by atomic mass is 10.2. The van der Waals surface area contributed by atoms with Gasteiger partial charge in [0.15, 0.2) is 0 Å². The molecule has 0 aliphatic carbocycles. The van der Waals surface area contributed by atoms with Gasteiger partial charge in [-0.25, -0.2) is 0 Å². The van der Waals surface area contributed by atoms with E-state index in [1.165, 1.54) is 18.3 Å². The Labute approximate surface area is 148 Å². The molecule has 132 valence electrons. The van der Waals surface area contributed by atoms with Gasteiger partial charge in [0.25, 0.3) is 0 Å². The normalized spacial score (nSPS) is 12.3. The summed E-state index contributed by atoms with van der Waals surface area (Å²) in [6.45, 7) is 1.98. The lowest BCUT2D eigenvalue weighted by molar-refractivity contribution is -0.137. The molecule has 0 atom stereocenters. The second kappa shape index (κ2) is 7.39. The fourth-order valence-corrected chi connectivity index (χ4v) is 2.25. The fourth-order valence-electron chi connectivity index (χ4n) is 2.25. The van der Waals surface area contributed by atoms with Crippen molar-refractivity contribution in [3.05, 3.63) is 83.3 Å². The number of aliphatic imine (C=N–C) groups is 2. The Morgan fingerprint density at radius 1 is 0.808 bits per heavy atom. The van der Waals surface area contributed by atoms with E-state index in [0.717, 1.165) is 23.4 Å². The van der Waals surface area contributed by atoms with Crippen LogP contribution >= 0.6 is 0 Å². The summed E-state index contributed by atoms with van der Waals surface area (Å²) in [6, 6.07) is 15.9. The van der Waals surface area contributed by atoms with Gasteiger partial charge in [0.2, 0.25) is 0 Å². The van der Waals surface area contributed by atoms with Crippen molar-refractivity contribution < 1.29 is 17.6 Å². The van der Waals surface area contributed by atoms with E-state index in [0.29, 0.717) is 11.5 Å². The number of alkyl halides is 3. The molecular weight excluding hydrogens is 341 g/mol. The number of hydrogen-bond acceptors (Lipinski definition) is 3. The summed E-state index contributed by atoms with van der Waals surface area (Å²) in [4.78, 5) is 8.35. The lowest BCUT2D eigenvalue weighted by Gasteiger charge is -2.06. The van der Waals surface area contributed by atoms with Crippen LogP contribution < -0.4 is 0 Å². The Kier molecular flexibility index (Phi) is 5.02. The first-order valence-electron chi connectivity index (χ1n) is 7.82. The van der Waals surface area contributed by atoms with Gasteiger partial charge < -0.3 is 4.42 Å². The predicted molar refractivity (Wildman–Crippen MR) is 95.8 cm³/mol. The molecule has 0 aliphatic rings. The van der Waals surface area contributed by atoms with Crippen molar-refractivity contribution in [3.8, 4) is 0 Å². The average Bonchev–Trinajstić information content (AvgIpc) is 3.06. The van der Waals surface area contributed by atoms with Crippen molar-refractivity contribution in [1.82, 2.24) is 0 Å². The van der Waals surface area contributed by atoms with Gasteiger partial charge in [0.1, 0.15) is 11.5 Å². The van der Waals surface area contributed by atoms with Crippen LogP contribution in [0, 0.1) is 6.92 Å². The van der Waals surface area contributed by atoms with Gasteiger partial charge in [-0.05, 0) is 55.0 Å². The number of rotatable bonds is 4. The summed E-state index contributed by atoms with van der Waals surface area (Å²) < 4.78 is 43.6. The monoisotopic (exact) mass is 356 g/mol. The number of hydrogen-bond donors (Lipinski definition) is 0. The van der Waals surface area contributed by atoms with Crippen LogP contribution in [0.2, 0.25) is 0 Å². The maximum Gasteiger partial charge on any atom is 0.416 e. The van der Waals surface area contributed by atoms with Crippen LogP contribution in [-0.4, -0.2) is 12.4 Å². The van der Waals surface area contributed by atoms with Crippen LogP contribution in [0.25, 0.3) is 0 Å². The molecule has 0 amide bonds. The van der Waals surface area contributed by atoms with Crippen molar-refractivity contribution >= 4 is 23.8 Å². The quantitative estimate of drug-likeness (QED) is 0.520. The first-order valence-corrected chi connectivity index (χ1v) is 7.82. The molecule has 3 nitrogen and oxygen atoms in total. The van der Waals surface area contributed by atoms with E-state index >= 15 is 0 Å². The zero-order valence-corrected chi connectivity index (χ0v) is 13.9. The Hall–Kier alpha value is -3.15. The molecule has 0 unspecified atom stereocenters. The molecule has 0 N–H and O–H groups in total. The van der Waals surface area contributed by atoms with E-state index in [4.69, 9.17) is 4.42 Å².